The van der Waals surface area contributed by atoms with Gasteiger partial charge >= 0.3 is 0 Å². The zero-order valence-corrected chi connectivity index (χ0v) is 14.8. The molecule has 25 heavy (non-hydrogen) atoms. The molecule has 0 spiro atoms. The fourth-order valence-electron chi connectivity index (χ4n) is 2.41. The Balaban J connectivity index is 1.39. The van der Waals surface area contributed by atoms with Crippen LogP contribution in [-0.2, 0) is 6.54 Å². The monoisotopic (exact) mass is 366 g/mol. The van der Waals surface area contributed by atoms with Gasteiger partial charge in [-0.15, -0.1) is 5.10 Å². The molecular weight excluding hydrogens is 352 g/mol. The third kappa shape index (κ3) is 3.52. The van der Waals surface area contributed by atoms with E-state index in [-0.39, 0.29) is 5.91 Å². The van der Waals surface area contributed by atoms with Crippen molar-refractivity contribution in [3.63, 3.8) is 0 Å². The number of hydrogen-bond acceptors (Lipinski definition) is 5. The molecule has 0 bridgehead atoms. The number of benzene rings is 1. The number of nitrogens with zero attached hydrogens (tertiary/aromatic N) is 3. The molecule has 124 valence electrons. The largest absolute Gasteiger partial charge is 0.346 e. The fourth-order valence-corrected chi connectivity index (χ4v) is 3.70. The Labute approximate surface area is 152 Å². The molecule has 1 N–H and O–H groups in total. The molecule has 4 rings (SSSR count). The summed E-state index contributed by atoms with van der Waals surface area (Å²) < 4.78 is 1.70. The molecule has 0 atom stereocenters. The third-order valence-electron chi connectivity index (χ3n) is 3.74. The first-order chi connectivity index (χ1) is 12.3. The first kappa shape index (κ1) is 15.7. The van der Waals surface area contributed by atoms with Gasteiger partial charge in [0.15, 0.2) is 0 Å². The van der Waals surface area contributed by atoms with Gasteiger partial charge in [-0.1, -0.05) is 17.3 Å². The zero-order valence-electron chi connectivity index (χ0n) is 13.1. The maximum atomic E-state index is 12.3. The number of hydrogen-bond donors (Lipinski definition) is 1. The standard InChI is InChI=1S/C18H14N4OS2/c23-18(14-3-1-13(2-4-14)15-5-7-24-11-15)19-9-16-10-22(21-20-16)17-6-8-25-12-17/h1-8,10-12H,9H2,(H,19,23). The van der Waals surface area contributed by atoms with Crippen molar-refractivity contribution in [2.24, 2.45) is 0 Å². The Hall–Kier alpha value is -2.77. The number of thiophene rings is 2. The van der Waals surface area contributed by atoms with Crippen LogP contribution in [0.4, 0.5) is 0 Å². The second-order valence-corrected chi connectivity index (χ2v) is 6.97. The van der Waals surface area contributed by atoms with Crippen LogP contribution >= 0.6 is 22.7 Å². The van der Waals surface area contributed by atoms with Crippen LogP contribution in [0.25, 0.3) is 16.8 Å². The molecular formula is C18H14N4OS2. The summed E-state index contributed by atoms with van der Waals surface area (Å²) in [4.78, 5) is 12.3. The average Bonchev–Trinajstić information content (AvgIpc) is 3.42. The SMILES string of the molecule is O=C(NCc1cn(-c2ccsc2)nn1)c1ccc(-c2ccsc2)cc1. The van der Waals surface area contributed by atoms with Gasteiger partial charge in [0, 0.05) is 10.9 Å². The van der Waals surface area contributed by atoms with E-state index >= 15 is 0 Å². The highest BCUT2D eigenvalue weighted by atomic mass is 32.1. The number of nitrogens with one attached hydrogen (secondary N) is 1. The predicted octanol–water partition coefficient (Wildman–Crippen LogP) is 3.99. The summed E-state index contributed by atoms with van der Waals surface area (Å²) in [7, 11) is 0. The minimum absolute atomic E-state index is 0.123. The topological polar surface area (TPSA) is 59.8 Å². The molecule has 3 aromatic heterocycles. The van der Waals surface area contributed by atoms with Gasteiger partial charge in [0.1, 0.15) is 5.69 Å². The lowest BCUT2D eigenvalue weighted by atomic mass is 10.1. The number of aromatic nitrogens is 3. The third-order valence-corrected chi connectivity index (χ3v) is 5.10. The van der Waals surface area contributed by atoms with Gasteiger partial charge in [-0.3, -0.25) is 4.79 Å². The van der Waals surface area contributed by atoms with Gasteiger partial charge < -0.3 is 5.32 Å². The number of amides is 1. The number of rotatable bonds is 5. The van der Waals surface area contributed by atoms with Gasteiger partial charge in [0.05, 0.1) is 18.4 Å². The van der Waals surface area contributed by atoms with E-state index in [4.69, 9.17) is 0 Å². The summed E-state index contributed by atoms with van der Waals surface area (Å²) in [6, 6.07) is 11.6. The molecule has 0 fully saturated rings. The fraction of sp³-hybridized carbons (Fsp3) is 0.0556. The van der Waals surface area contributed by atoms with Crippen molar-refractivity contribution in [1.82, 2.24) is 20.3 Å². The van der Waals surface area contributed by atoms with Crippen LogP contribution in [0.1, 0.15) is 16.1 Å². The summed E-state index contributed by atoms with van der Waals surface area (Å²) in [6.07, 6.45) is 1.82. The van der Waals surface area contributed by atoms with Crippen molar-refractivity contribution in [2.45, 2.75) is 6.54 Å². The highest BCUT2D eigenvalue weighted by molar-refractivity contribution is 7.08. The van der Waals surface area contributed by atoms with Crippen molar-refractivity contribution in [3.8, 4) is 16.8 Å². The van der Waals surface area contributed by atoms with Crippen molar-refractivity contribution < 1.29 is 4.79 Å². The molecule has 0 aliphatic rings. The van der Waals surface area contributed by atoms with Gasteiger partial charge in [0.2, 0.25) is 0 Å². The lowest BCUT2D eigenvalue weighted by molar-refractivity contribution is 0.0950. The van der Waals surface area contributed by atoms with Gasteiger partial charge in [-0.2, -0.15) is 22.7 Å². The van der Waals surface area contributed by atoms with E-state index in [9.17, 15) is 4.79 Å². The molecule has 1 amide bonds. The van der Waals surface area contributed by atoms with Gasteiger partial charge in [-0.25, -0.2) is 4.68 Å². The van der Waals surface area contributed by atoms with Crippen LogP contribution in [0.3, 0.4) is 0 Å². The summed E-state index contributed by atoms with van der Waals surface area (Å²) in [5.74, 6) is -0.123. The van der Waals surface area contributed by atoms with Crippen molar-refractivity contribution in [1.29, 1.82) is 0 Å². The van der Waals surface area contributed by atoms with Crippen molar-refractivity contribution in [2.75, 3.05) is 0 Å². The molecule has 3 heterocycles. The van der Waals surface area contributed by atoms with E-state index in [1.807, 2.05) is 52.7 Å². The first-order valence-electron chi connectivity index (χ1n) is 7.64. The van der Waals surface area contributed by atoms with E-state index in [1.54, 1.807) is 27.4 Å². The van der Waals surface area contributed by atoms with Crippen LogP contribution in [-0.4, -0.2) is 20.9 Å². The molecule has 0 aliphatic carbocycles. The molecule has 4 aromatic rings. The van der Waals surface area contributed by atoms with Crippen molar-refractivity contribution in [3.05, 3.63) is 75.4 Å². The second kappa shape index (κ2) is 7.00. The molecule has 1 aromatic carbocycles. The second-order valence-electron chi connectivity index (χ2n) is 5.41. The molecule has 0 radical (unpaired) electrons. The first-order valence-corrected chi connectivity index (χ1v) is 9.53. The molecule has 0 saturated carbocycles. The van der Waals surface area contributed by atoms with Gasteiger partial charge in [0.25, 0.3) is 5.91 Å². The minimum Gasteiger partial charge on any atom is -0.346 e. The lowest BCUT2D eigenvalue weighted by Gasteiger charge is -2.04. The lowest BCUT2D eigenvalue weighted by Crippen LogP contribution is -2.22. The summed E-state index contributed by atoms with van der Waals surface area (Å²) in [5.41, 5.74) is 4.59. The molecule has 0 aliphatic heterocycles. The highest BCUT2D eigenvalue weighted by Crippen LogP contribution is 2.22. The highest BCUT2D eigenvalue weighted by Gasteiger charge is 2.08. The maximum Gasteiger partial charge on any atom is 0.251 e. The van der Waals surface area contributed by atoms with E-state index in [2.05, 4.69) is 27.1 Å². The minimum atomic E-state index is -0.123. The van der Waals surface area contributed by atoms with E-state index in [0.717, 1.165) is 16.9 Å². The van der Waals surface area contributed by atoms with Crippen LogP contribution < -0.4 is 5.32 Å². The molecule has 0 unspecified atom stereocenters. The normalized spacial score (nSPS) is 10.7. The van der Waals surface area contributed by atoms with Gasteiger partial charge in [-0.05, 0) is 51.5 Å². The van der Waals surface area contributed by atoms with Crippen molar-refractivity contribution >= 4 is 28.6 Å². The molecule has 7 heteroatoms. The van der Waals surface area contributed by atoms with Crippen LogP contribution in [0.15, 0.2) is 64.1 Å². The smallest absolute Gasteiger partial charge is 0.251 e. The summed E-state index contributed by atoms with van der Waals surface area (Å²) in [5, 5.41) is 19.1. The van der Waals surface area contributed by atoms with Crippen LogP contribution in [0, 0.1) is 0 Å². The Kier molecular flexibility index (Phi) is 4.41. The van der Waals surface area contributed by atoms with E-state index in [1.165, 1.54) is 5.56 Å². The van der Waals surface area contributed by atoms with Crippen LogP contribution in [0.5, 0.6) is 0 Å². The Morgan fingerprint density at radius 3 is 2.52 bits per heavy atom. The summed E-state index contributed by atoms with van der Waals surface area (Å²) >= 11 is 3.26. The Morgan fingerprint density at radius 1 is 1.00 bits per heavy atom. The molecule has 0 saturated heterocycles. The zero-order chi connectivity index (χ0) is 17.1. The maximum absolute atomic E-state index is 12.3. The Bertz CT molecular complexity index is 957. The average molecular weight is 366 g/mol. The quantitative estimate of drug-likeness (QED) is 0.581. The summed E-state index contributed by atoms with van der Waals surface area (Å²) in [6.45, 7) is 0.343. The number of carbonyl (C=O) groups is 1. The number of carbonyl (C=O) groups excluding carboxylic acids is 1. The predicted molar refractivity (Wildman–Crippen MR) is 100 cm³/mol. The van der Waals surface area contributed by atoms with E-state index in [0.29, 0.717) is 12.1 Å². The molecule has 5 nitrogen and oxygen atoms in total. The van der Waals surface area contributed by atoms with Crippen LogP contribution in [0.2, 0.25) is 0 Å². The van der Waals surface area contributed by atoms with E-state index < -0.39 is 0 Å². The Morgan fingerprint density at radius 2 is 1.80 bits per heavy atom.